The van der Waals surface area contributed by atoms with Crippen molar-refractivity contribution in [2.24, 2.45) is 0 Å². The molecule has 11 heteroatoms. The number of amides is 1. The highest BCUT2D eigenvalue weighted by molar-refractivity contribution is 5.76. The number of ether oxygens (including phenoxy) is 3. The highest BCUT2D eigenvalue weighted by Gasteiger charge is 2.44. The smallest absolute Gasteiger partial charge is 0.305 e. The fraction of sp³-hybridized carbons (Fsp3) is 0.785. The second-order valence-electron chi connectivity index (χ2n) is 21.4. The van der Waals surface area contributed by atoms with E-state index in [-0.39, 0.29) is 18.5 Å². The molecular formula is C65H115NO10. The molecule has 0 bridgehead atoms. The molecular weight excluding hydrogens is 955 g/mol. The summed E-state index contributed by atoms with van der Waals surface area (Å²) >= 11 is 0. The highest BCUT2D eigenvalue weighted by Crippen LogP contribution is 2.23. The number of nitrogens with one attached hydrogen (secondary N) is 1. The Morgan fingerprint density at radius 1 is 0.487 bits per heavy atom. The molecule has 1 rings (SSSR count). The molecule has 6 N–H and O–H groups in total. The largest absolute Gasteiger partial charge is 0.466 e. The summed E-state index contributed by atoms with van der Waals surface area (Å²) in [4.78, 5) is 25.0. The van der Waals surface area contributed by atoms with Gasteiger partial charge in [-0.1, -0.05) is 215 Å². The predicted molar refractivity (Wildman–Crippen MR) is 315 cm³/mol. The minimum atomic E-state index is -1.59. The minimum Gasteiger partial charge on any atom is -0.466 e. The van der Waals surface area contributed by atoms with Crippen molar-refractivity contribution in [2.45, 2.75) is 307 Å². The van der Waals surface area contributed by atoms with Crippen LogP contribution < -0.4 is 5.32 Å². The van der Waals surface area contributed by atoms with Crippen molar-refractivity contribution in [3.05, 3.63) is 72.9 Å². The number of aliphatic hydroxyl groups is 5. The molecule has 1 aliphatic heterocycles. The van der Waals surface area contributed by atoms with Gasteiger partial charge in [0, 0.05) is 12.8 Å². The number of rotatable bonds is 53. The molecule has 1 aliphatic rings. The Morgan fingerprint density at radius 2 is 0.908 bits per heavy atom. The van der Waals surface area contributed by atoms with Gasteiger partial charge in [-0.3, -0.25) is 9.59 Å². The van der Waals surface area contributed by atoms with Gasteiger partial charge in [0.2, 0.25) is 5.91 Å². The third-order valence-electron chi connectivity index (χ3n) is 14.2. The lowest BCUT2D eigenvalue weighted by Gasteiger charge is -2.40. The van der Waals surface area contributed by atoms with E-state index >= 15 is 0 Å². The third kappa shape index (κ3) is 43.0. The van der Waals surface area contributed by atoms with Gasteiger partial charge in [0.15, 0.2) is 6.29 Å². The van der Waals surface area contributed by atoms with Crippen LogP contribution in [0, 0.1) is 0 Å². The number of carbonyl (C=O) groups excluding carboxylic acids is 2. The monoisotopic (exact) mass is 1070 g/mol. The van der Waals surface area contributed by atoms with Crippen molar-refractivity contribution < 1.29 is 49.3 Å². The first-order chi connectivity index (χ1) is 37.2. The molecule has 1 amide bonds. The Kier molecular flexibility index (Phi) is 50.6. The van der Waals surface area contributed by atoms with Crippen LogP contribution in [-0.2, 0) is 23.8 Å². The van der Waals surface area contributed by atoms with Gasteiger partial charge in [0.1, 0.15) is 24.4 Å². The minimum absolute atomic E-state index is 0.0175. The molecule has 1 fully saturated rings. The van der Waals surface area contributed by atoms with Crippen LogP contribution in [0.5, 0.6) is 0 Å². The molecule has 0 aromatic carbocycles. The van der Waals surface area contributed by atoms with Gasteiger partial charge >= 0.3 is 5.97 Å². The van der Waals surface area contributed by atoms with E-state index in [1.54, 1.807) is 6.08 Å². The topological polar surface area (TPSA) is 175 Å². The molecule has 0 aromatic rings. The Bertz CT molecular complexity index is 1490. The molecule has 0 aromatic heterocycles. The van der Waals surface area contributed by atoms with Gasteiger partial charge in [-0.15, -0.1) is 0 Å². The van der Waals surface area contributed by atoms with E-state index in [4.69, 9.17) is 14.2 Å². The van der Waals surface area contributed by atoms with E-state index < -0.39 is 49.5 Å². The van der Waals surface area contributed by atoms with Crippen molar-refractivity contribution >= 4 is 11.9 Å². The fourth-order valence-corrected chi connectivity index (χ4v) is 9.24. The number of hydrogen-bond donors (Lipinski definition) is 6. The molecule has 1 saturated heterocycles. The normalized spacial score (nSPS) is 19.2. The van der Waals surface area contributed by atoms with E-state index in [1.165, 1.54) is 135 Å². The van der Waals surface area contributed by atoms with Crippen LogP contribution in [0.3, 0.4) is 0 Å². The molecule has 0 spiro atoms. The van der Waals surface area contributed by atoms with Crippen molar-refractivity contribution in [3.63, 3.8) is 0 Å². The fourth-order valence-electron chi connectivity index (χ4n) is 9.24. The lowest BCUT2D eigenvalue weighted by molar-refractivity contribution is -0.302. The van der Waals surface area contributed by atoms with Gasteiger partial charge in [0.25, 0.3) is 0 Å². The summed E-state index contributed by atoms with van der Waals surface area (Å²) in [6.45, 7) is 4.24. The van der Waals surface area contributed by atoms with Crippen molar-refractivity contribution in [2.75, 3.05) is 19.8 Å². The van der Waals surface area contributed by atoms with Crippen molar-refractivity contribution in [1.29, 1.82) is 0 Å². The average Bonchev–Trinajstić information content (AvgIpc) is 3.42. The van der Waals surface area contributed by atoms with Crippen LogP contribution in [0.25, 0.3) is 0 Å². The molecule has 1 heterocycles. The molecule has 0 aliphatic carbocycles. The summed E-state index contributed by atoms with van der Waals surface area (Å²) in [5, 5.41) is 54.4. The third-order valence-corrected chi connectivity index (χ3v) is 14.2. The van der Waals surface area contributed by atoms with Crippen LogP contribution in [0.15, 0.2) is 72.9 Å². The molecule has 7 unspecified atom stereocenters. The van der Waals surface area contributed by atoms with Gasteiger partial charge in [-0.05, 0) is 109 Å². The second kappa shape index (κ2) is 54.1. The second-order valence-corrected chi connectivity index (χ2v) is 21.4. The van der Waals surface area contributed by atoms with Crippen LogP contribution >= 0.6 is 0 Å². The quantitative estimate of drug-likeness (QED) is 0.0195. The first-order valence-electron chi connectivity index (χ1n) is 31.2. The Morgan fingerprint density at radius 3 is 1.42 bits per heavy atom. The maximum atomic E-state index is 13.0. The number of unbranched alkanes of at least 4 members (excludes halogenated alkanes) is 29. The zero-order valence-electron chi connectivity index (χ0n) is 48.4. The van der Waals surface area contributed by atoms with E-state index in [1.807, 2.05) is 6.08 Å². The standard InChI is InChI=1S/C65H115NO10/c1-3-5-7-9-11-13-15-16-28-32-35-39-43-47-51-58(68)57(56-75-65-64(73)63(72)62(71)59(55-67)76-65)66-60(69)52-48-44-40-36-33-29-26-24-22-20-18-17-19-21-23-25-27-30-34-38-42-46-50-54-74-61(70)53-49-45-41-37-31-14-12-10-8-6-4-2/h10,12-13,15,17,19-20,22,32,35,47,51,57-59,62-65,67-68,71-73H,3-9,11,14,16,18,21,23-31,33-34,36-46,48-50,52-56H2,1-2H3,(H,66,69)/b12-10-,15-13+,19-17-,22-20-,35-32+,51-47+. The Hall–Kier alpha value is -2.90. The molecule has 0 radical (unpaired) electrons. The van der Waals surface area contributed by atoms with E-state index in [0.717, 1.165) is 103 Å². The molecule has 0 saturated carbocycles. The summed E-state index contributed by atoms with van der Waals surface area (Å²) in [5.41, 5.74) is 0. The van der Waals surface area contributed by atoms with Crippen LogP contribution in [-0.4, -0.2) is 100 Å². The van der Waals surface area contributed by atoms with Crippen LogP contribution in [0.4, 0.5) is 0 Å². The number of esters is 1. The molecule has 7 atom stereocenters. The number of hydrogen-bond acceptors (Lipinski definition) is 10. The summed E-state index contributed by atoms with van der Waals surface area (Å²) in [6.07, 6.45) is 61.4. The van der Waals surface area contributed by atoms with Gasteiger partial charge < -0.3 is 45.1 Å². The lowest BCUT2D eigenvalue weighted by atomic mass is 9.99. The van der Waals surface area contributed by atoms with Crippen LogP contribution in [0.1, 0.15) is 264 Å². The van der Waals surface area contributed by atoms with E-state index in [9.17, 15) is 35.1 Å². The molecule has 11 nitrogen and oxygen atoms in total. The Balaban J connectivity index is 2.11. The van der Waals surface area contributed by atoms with Crippen LogP contribution in [0.2, 0.25) is 0 Å². The first-order valence-corrected chi connectivity index (χ1v) is 31.2. The summed E-state index contributed by atoms with van der Waals surface area (Å²) in [5.74, 6) is -0.226. The molecule has 440 valence electrons. The van der Waals surface area contributed by atoms with Crippen molar-refractivity contribution in [3.8, 4) is 0 Å². The maximum absolute atomic E-state index is 13.0. The Labute approximate surface area is 464 Å². The summed E-state index contributed by atoms with van der Waals surface area (Å²) < 4.78 is 16.7. The summed E-state index contributed by atoms with van der Waals surface area (Å²) in [7, 11) is 0. The van der Waals surface area contributed by atoms with E-state index in [2.05, 4.69) is 79.9 Å². The summed E-state index contributed by atoms with van der Waals surface area (Å²) in [6, 6.07) is -0.844. The number of aliphatic hydroxyl groups excluding tert-OH is 5. The van der Waals surface area contributed by atoms with Crippen molar-refractivity contribution in [1.82, 2.24) is 5.32 Å². The van der Waals surface area contributed by atoms with Gasteiger partial charge in [-0.25, -0.2) is 0 Å². The highest BCUT2D eigenvalue weighted by atomic mass is 16.7. The van der Waals surface area contributed by atoms with Gasteiger partial charge in [-0.2, -0.15) is 0 Å². The van der Waals surface area contributed by atoms with Gasteiger partial charge in [0.05, 0.1) is 32.0 Å². The van der Waals surface area contributed by atoms with E-state index in [0.29, 0.717) is 19.4 Å². The average molecular weight is 1070 g/mol. The first kappa shape index (κ1) is 71.1. The maximum Gasteiger partial charge on any atom is 0.305 e. The zero-order valence-corrected chi connectivity index (χ0v) is 48.4. The number of carbonyl (C=O) groups is 2. The predicted octanol–water partition coefficient (Wildman–Crippen LogP) is 14.8. The SMILES string of the molecule is CCCC/C=C\CCCCCCCC(=O)OCCCCCCCCCCC/C=C\C/C=C\CCCCCCCCCC(=O)NC(COC1OC(CO)C(O)C(O)C1O)C(O)/C=C/CC/C=C/CC/C=C/CCCCCC. The molecule has 76 heavy (non-hydrogen) atoms. The lowest BCUT2D eigenvalue weighted by Crippen LogP contribution is -2.60. The zero-order chi connectivity index (χ0) is 55.2. The number of allylic oxidation sites excluding steroid dienone is 11.